The maximum atomic E-state index is 13.6. The third kappa shape index (κ3) is 3.65. The molecule has 2 aromatic heterocycles. The van der Waals surface area contributed by atoms with Gasteiger partial charge in [-0.3, -0.25) is 9.58 Å². The monoisotopic (exact) mass is 345 g/mol. The molecule has 0 amide bonds. The van der Waals surface area contributed by atoms with E-state index in [2.05, 4.69) is 20.3 Å². The number of morpholine rings is 1. The molecular formula is C14H15F4N5O. The molecule has 1 fully saturated rings. The van der Waals surface area contributed by atoms with Crippen LogP contribution in [0.3, 0.4) is 0 Å². The van der Waals surface area contributed by atoms with Gasteiger partial charge in [-0.15, -0.1) is 0 Å². The summed E-state index contributed by atoms with van der Waals surface area (Å²) in [5, 5.41) is 6.34. The van der Waals surface area contributed by atoms with Crippen molar-refractivity contribution in [3.63, 3.8) is 0 Å². The van der Waals surface area contributed by atoms with E-state index in [1.54, 1.807) is 4.68 Å². The zero-order chi connectivity index (χ0) is 17.1. The Kier molecular flexibility index (Phi) is 4.95. The lowest BCUT2D eigenvalue weighted by molar-refractivity contribution is 0.0360. The van der Waals surface area contributed by atoms with Gasteiger partial charge in [-0.2, -0.15) is 27.6 Å². The number of ether oxygens (including phenoxy) is 1. The summed E-state index contributed by atoms with van der Waals surface area (Å²) in [4.78, 5) is 4.70. The van der Waals surface area contributed by atoms with E-state index >= 15 is 0 Å². The maximum absolute atomic E-state index is 13.6. The van der Waals surface area contributed by atoms with Crippen molar-refractivity contribution < 1.29 is 22.3 Å². The van der Waals surface area contributed by atoms with Gasteiger partial charge in [-0.25, -0.2) is 0 Å². The number of pyridine rings is 1. The zero-order valence-electron chi connectivity index (χ0n) is 12.6. The van der Waals surface area contributed by atoms with Crippen molar-refractivity contribution in [3.8, 4) is 0 Å². The highest BCUT2D eigenvalue weighted by Crippen LogP contribution is 2.25. The fourth-order valence-corrected chi connectivity index (χ4v) is 2.36. The third-order valence-corrected chi connectivity index (χ3v) is 3.65. The molecule has 0 bridgehead atoms. The highest BCUT2D eigenvalue weighted by atomic mass is 19.2. The molecule has 0 spiro atoms. The second-order valence-electron chi connectivity index (χ2n) is 5.27. The molecule has 3 rings (SSSR count). The molecule has 1 aliphatic heterocycles. The first kappa shape index (κ1) is 16.7. The number of anilines is 2. The number of hydrogen-bond donors (Lipinski definition) is 1. The zero-order valence-corrected chi connectivity index (χ0v) is 12.6. The highest BCUT2D eigenvalue weighted by molar-refractivity contribution is 5.59. The number of aromatic nitrogens is 3. The minimum absolute atomic E-state index is 0.208. The number of hydrogen-bond acceptors (Lipinski definition) is 5. The Morgan fingerprint density at radius 2 is 1.71 bits per heavy atom. The van der Waals surface area contributed by atoms with Crippen molar-refractivity contribution in [3.05, 3.63) is 35.9 Å². The van der Waals surface area contributed by atoms with Crippen LogP contribution in [-0.4, -0.2) is 52.5 Å². The van der Waals surface area contributed by atoms with Crippen LogP contribution in [0.25, 0.3) is 0 Å². The van der Waals surface area contributed by atoms with Gasteiger partial charge in [0.25, 0.3) is 11.9 Å². The molecule has 0 atom stereocenters. The lowest BCUT2D eigenvalue weighted by atomic mass is 10.3. The first-order chi connectivity index (χ1) is 11.5. The van der Waals surface area contributed by atoms with Crippen LogP contribution in [0.1, 0.15) is 0 Å². The van der Waals surface area contributed by atoms with Gasteiger partial charge in [0.1, 0.15) is 5.69 Å². The molecule has 0 radical (unpaired) electrons. The van der Waals surface area contributed by atoms with E-state index in [0.29, 0.717) is 19.8 Å². The Bertz CT molecular complexity index is 691. The molecule has 0 aliphatic carbocycles. The number of halogens is 4. The standard InChI is InChI=1S/C14H15F4N5O/c15-10-12(11(16)14(18)21-13(10)17)20-9-7-19-23(8-9)2-1-22-3-5-24-6-4-22/h7-8H,1-6H2,(H,20,21). The molecule has 6 nitrogen and oxygen atoms in total. The van der Waals surface area contributed by atoms with Gasteiger partial charge in [0, 0.05) is 25.8 Å². The van der Waals surface area contributed by atoms with Crippen molar-refractivity contribution in [2.75, 3.05) is 38.2 Å². The second-order valence-corrected chi connectivity index (χ2v) is 5.27. The van der Waals surface area contributed by atoms with Crippen molar-refractivity contribution in [1.82, 2.24) is 19.7 Å². The summed E-state index contributed by atoms with van der Waals surface area (Å²) in [6, 6.07) is 0. The molecule has 0 saturated carbocycles. The molecule has 0 aromatic carbocycles. The molecule has 3 heterocycles. The number of rotatable bonds is 5. The fraction of sp³-hybridized carbons (Fsp3) is 0.429. The topological polar surface area (TPSA) is 55.2 Å². The van der Waals surface area contributed by atoms with Crippen LogP contribution in [0.2, 0.25) is 0 Å². The molecule has 10 heteroatoms. The van der Waals surface area contributed by atoms with Gasteiger partial charge < -0.3 is 10.1 Å². The molecule has 1 saturated heterocycles. The quantitative estimate of drug-likeness (QED) is 0.663. The Morgan fingerprint density at radius 1 is 1.04 bits per heavy atom. The molecule has 1 aliphatic rings. The van der Waals surface area contributed by atoms with Crippen molar-refractivity contribution >= 4 is 11.4 Å². The van der Waals surface area contributed by atoms with Gasteiger partial charge in [0.15, 0.2) is 0 Å². The first-order valence-electron chi connectivity index (χ1n) is 7.34. The van der Waals surface area contributed by atoms with Crippen LogP contribution < -0.4 is 5.32 Å². The Labute approximate surface area is 135 Å². The predicted molar refractivity (Wildman–Crippen MR) is 76.8 cm³/mol. The van der Waals surface area contributed by atoms with E-state index in [1.807, 2.05) is 0 Å². The minimum Gasteiger partial charge on any atom is -0.379 e. The second kappa shape index (κ2) is 7.14. The average molecular weight is 345 g/mol. The van der Waals surface area contributed by atoms with Gasteiger partial charge >= 0.3 is 0 Å². The third-order valence-electron chi connectivity index (χ3n) is 3.65. The van der Waals surface area contributed by atoms with E-state index in [9.17, 15) is 17.6 Å². The largest absolute Gasteiger partial charge is 0.379 e. The van der Waals surface area contributed by atoms with E-state index in [-0.39, 0.29) is 5.69 Å². The summed E-state index contributed by atoms with van der Waals surface area (Å²) in [6.45, 7) is 4.33. The SMILES string of the molecule is Fc1nc(F)c(F)c(Nc2cnn(CCN3CCOCC3)c2)c1F. The Balaban J connectivity index is 1.66. The van der Waals surface area contributed by atoms with Crippen LogP contribution in [0.15, 0.2) is 12.4 Å². The van der Waals surface area contributed by atoms with E-state index < -0.39 is 29.2 Å². The van der Waals surface area contributed by atoms with Crippen LogP contribution in [0.5, 0.6) is 0 Å². The highest BCUT2D eigenvalue weighted by Gasteiger charge is 2.21. The molecule has 1 N–H and O–H groups in total. The van der Waals surface area contributed by atoms with Gasteiger partial charge in [0.2, 0.25) is 11.6 Å². The summed E-state index contributed by atoms with van der Waals surface area (Å²) < 4.78 is 60.1. The summed E-state index contributed by atoms with van der Waals surface area (Å²) in [5.74, 6) is -6.60. The number of nitrogens with zero attached hydrogens (tertiary/aromatic N) is 4. The molecule has 2 aromatic rings. The molecule has 130 valence electrons. The normalized spacial score (nSPS) is 15.7. The van der Waals surface area contributed by atoms with Crippen molar-refractivity contribution in [1.29, 1.82) is 0 Å². The van der Waals surface area contributed by atoms with Crippen molar-refractivity contribution in [2.24, 2.45) is 0 Å². The summed E-state index contributed by atoms with van der Waals surface area (Å²) in [6.07, 6.45) is 2.81. The van der Waals surface area contributed by atoms with Gasteiger partial charge in [-0.05, 0) is 0 Å². The summed E-state index contributed by atoms with van der Waals surface area (Å²) in [5.41, 5.74) is -0.729. The number of nitrogens with one attached hydrogen (secondary N) is 1. The van der Waals surface area contributed by atoms with E-state index in [0.717, 1.165) is 19.6 Å². The predicted octanol–water partition coefficient (Wildman–Crippen LogP) is 1.91. The van der Waals surface area contributed by atoms with Gasteiger partial charge in [-0.1, -0.05) is 0 Å². The van der Waals surface area contributed by atoms with Crippen LogP contribution in [0.4, 0.5) is 28.9 Å². The summed E-state index contributed by atoms with van der Waals surface area (Å²) >= 11 is 0. The van der Waals surface area contributed by atoms with Crippen LogP contribution in [-0.2, 0) is 11.3 Å². The minimum atomic E-state index is -1.71. The fourth-order valence-electron chi connectivity index (χ4n) is 2.36. The lowest BCUT2D eigenvalue weighted by Gasteiger charge is -2.26. The maximum Gasteiger partial charge on any atom is 0.253 e. The Hall–Kier alpha value is -2.20. The lowest BCUT2D eigenvalue weighted by Crippen LogP contribution is -2.38. The molecule has 24 heavy (non-hydrogen) atoms. The van der Waals surface area contributed by atoms with Gasteiger partial charge in [0.05, 0.1) is 31.6 Å². The van der Waals surface area contributed by atoms with E-state index in [1.165, 1.54) is 12.4 Å². The molecule has 0 unspecified atom stereocenters. The smallest absolute Gasteiger partial charge is 0.253 e. The van der Waals surface area contributed by atoms with Crippen LogP contribution >= 0.6 is 0 Å². The van der Waals surface area contributed by atoms with Crippen LogP contribution in [0, 0.1) is 23.5 Å². The van der Waals surface area contributed by atoms with Crippen molar-refractivity contribution in [2.45, 2.75) is 6.54 Å². The summed E-state index contributed by atoms with van der Waals surface area (Å²) in [7, 11) is 0. The van der Waals surface area contributed by atoms with E-state index in [4.69, 9.17) is 4.74 Å². The molecular weight excluding hydrogens is 330 g/mol. The first-order valence-corrected chi connectivity index (χ1v) is 7.34. The Morgan fingerprint density at radius 3 is 2.38 bits per heavy atom. The average Bonchev–Trinajstić information content (AvgIpc) is 3.04.